The Labute approximate surface area is 112 Å². The number of anilines is 2. The van der Waals surface area contributed by atoms with Crippen LogP contribution in [0.3, 0.4) is 0 Å². The lowest BCUT2D eigenvalue weighted by molar-refractivity contribution is 1.29. The molecule has 0 amide bonds. The minimum absolute atomic E-state index is 0.466. The predicted octanol–water partition coefficient (Wildman–Crippen LogP) is 3.48. The van der Waals surface area contributed by atoms with Crippen LogP contribution < -0.4 is 11.2 Å². The summed E-state index contributed by atoms with van der Waals surface area (Å²) in [5.41, 5.74) is 8.96. The van der Waals surface area contributed by atoms with Crippen molar-refractivity contribution >= 4 is 51.7 Å². The smallest absolute Gasteiger partial charge is 0.205 e. The molecule has 1 heterocycles. The molecule has 0 spiro atoms. The van der Waals surface area contributed by atoms with Gasteiger partial charge in [0.25, 0.3) is 0 Å². The van der Waals surface area contributed by atoms with Gasteiger partial charge in [-0.2, -0.15) is 5.10 Å². The van der Waals surface area contributed by atoms with E-state index in [0.717, 1.165) is 5.56 Å². The first-order chi connectivity index (χ1) is 8.16. The van der Waals surface area contributed by atoms with Crippen LogP contribution in [-0.2, 0) is 0 Å². The highest BCUT2D eigenvalue weighted by Crippen LogP contribution is 2.24. The van der Waals surface area contributed by atoms with E-state index in [0.29, 0.717) is 21.0 Å². The number of nitrogen functional groups attached to an aromatic ring is 1. The molecule has 17 heavy (non-hydrogen) atoms. The van der Waals surface area contributed by atoms with E-state index >= 15 is 0 Å². The summed E-state index contributed by atoms with van der Waals surface area (Å²) in [5.74, 6) is 0.466. The molecule has 2 rings (SSSR count). The molecule has 1 aromatic carbocycles. The monoisotopic (exact) mass is 286 g/mol. The van der Waals surface area contributed by atoms with Gasteiger partial charge in [-0.3, -0.25) is 5.43 Å². The van der Waals surface area contributed by atoms with Crippen molar-refractivity contribution in [3.8, 4) is 0 Å². The van der Waals surface area contributed by atoms with Gasteiger partial charge in [0, 0.05) is 10.9 Å². The molecule has 88 valence electrons. The molecule has 0 saturated carbocycles. The zero-order valence-electron chi connectivity index (χ0n) is 8.52. The van der Waals surface area contributed by atoms with Crippen molar-refractivity contribution in [3.63, 3.8) is 0 Å². The fourth-order valence-electron chi connectivity index (χ4n) is 1.11. The second-order valence-electron chi connectivity index (χ2n) is 3.09. The van der Waals surface area contributed by atoms with Crippen molar-refractivity contribution in [1.29, 1.82) is 0 Å². The number of halogens is 2. The maximum absolute atomic E-state index is 6.00. The Bertz CT molecular complexity index is 553. The maximum atomic E-state index is 6.00. The van der Waals surface area contributed by atoms with Crippen LogP contribution >= 0.6 is 34.5 Å². The SMILES string of the molecule is Nc1csc(NN=Cc2cccc(Cl)c2Cl)n1. The van der Waals surface area contributed by atoms with E-state index in [2.05, 4.69) is 15.5 Å². The number of benzene rings is 1. The second-order valence-corrected chi connectivity index (χ2v) is 4.73. The molecule has 0 radical (unpaired) electrons. The van der Waals surface area contributed by atoms with Gasteiger partial charge < -0.3 is 5.73 Å². The quantitative estimate of drug-likeness (QED) is 0.671. The molecule has 0 aliphatic carbocycles. The van der Waals surface area contributed by atoms with Crippen molar-refractivity contribution in [2.45, 2.75) is 0 Å². The third-order valence-electron chi connectivity index (χ3n) is 1.87. The Morgan fingerprint density at radius 2 is 2.24 bits per heavy atom. The first-order valence-corrected chi connectivity index (χ1v) is 6.24. The molecule has 3 N–H and O–H groups in total. The third-order valence-corrected chi connectivity index (χ3v) is 3.47. The Morgan fingerprint density at radius 1 is 1.41 bits per heavy atom. The molecule has 7 heteroatoms. The molecule has 0 bridgehead atoms. The molecule has 4 nitrogen and oxygen atoms in total. The number of nitrogens with zero attached hydrogens (tertiary/aromatic N) is 2. The van der Waals surface area contributed by atoms with Gasteiger partial charge in [-0.05, 0) is 6.07 Å². The first-order valence-electron chi connectivity index (χ1n) is 4.61. The molecular weight excluding hydrogens is 279 g/mol. The average Bonchev–Trinajstić information content (AvgIpc) is 2.70. The van der Waals surface area contributed by atoms with Gasteiger partial charge in [-0.15, -0.1) is 11.3 Å². The van der Waals surface area contributed by atoms with E-state index in [1.165, 1.54) is 11.3 Å². The summed E-state index contributed by atoms with van der Waals surface area (Å²) in [6.07, 6.45) is 1.58. The van der Waals surface area contributed by atoms with E-state index in [-0.39, 0.29) is 0 Å². The van der Waals surface area contributed by atoms with Gasteiger partial charge in [0.15, 0.2) is 0 Å². The van der Waals surface area contributed by atoms with Crippen LogP contribution in [0, 0.1) is 0 Å². The summed E-state index contributed by atoms with van der Waals surface area (Å²) < 4.78 is 0. The lowest BCUT2D eigenvalue weighted by Crippen LogP contribution is -1.91. The van der Waals surface area contributed by atoms with Gasteiger partial charge in [-0.25, -0.2) is 4.98 Å². The molecule has 0 aliphatic rings. The van der Waals surface area contributed by atoms with Gasteiger partial charge in [0.2, 0.25) is 5.13 Å². The highest BCUT2D eigenvalue weighted by atomic mass is 35.5. The summed E-state index contributed by atoms with van der Waals surface area (Å²) in [5, 5.41) is 7.32. The number of hydrogen-bond donors (Lipinski definition) is 2. The van der Waals surface area contributed by atoms with Crippen LogP contribution in [0.4, 0.5) is 10.9 Å². The number of thiazole rings is 1. The Kier molecular flexibility index (Phi) is 3.83. The summed E-state index contributed by atoms with van der Waals surface area (Å²) in [6, 6.07) is 5.34. The Morgan fingerprint density at radius 3 is 2.94 bits per heavy atom. The van der Waals surface area contributed by atoms with Gasteiger partial charge in [0.1, 0.15) is 5.82 Å². The van der Waals surface area contributed by atoms with Crippen LogP contribution in [0.15, 0.2) is 28.7 Å². The Hall–Kier alpha value is -1.30. The highest BCUT2D eigenvalue weighted by molar-refractivity contribution is 7.14. The summed E-state index contributed by atoms with van der Waals surface area (Å²) in [7, 11) is 0. The maximum Gasteiger partial charge on any atom is 0.205 e. The van der Waals surface area contributed by atoms with Gasteiger partial charge in [-0.1, -0.05) is 35.3 Å². The van der Waals surface area contributed by atoms with Crippen LogP contribution in [0.25, 0.3) is 0 Å². The minimum Gasteiger partial charge on any atom is -0.383 e. The molecule has 0 atom stereocenters. The van der Waals surface area contributed by atoms with Crippen LogP contribution in [0.1, 0.15) is 5.56 Å². The normalized spacial score (nSPS) is 10.9. The zero-order valence-corrected chi connectivity index (χ0v) is 10.9. The number of aromatic nitrogens is 1. The fourth-order valence-corrected chi connectivity index (χ4v) is 2.02. The molecular formula is C10H8Cl2N4S. The fraction of sp³-hybridized carbons (Fsp3) is 0. The van der Waals surface area contributed by atoms with Crippen LogP contribution in [0.5, 0.6) is 0 Å². The van der Waals surface area contributed by atoms with E-state index in [9.17, 15) is 0 Å². The lowest BCUT2D eigenvalue weighted by Gasteiger charge is -1.99. The van der Waals surface area contributed by atoms with Crippen molar-refractivity contribution in [3.05, 3.63) is 39.2 Å². The highest BCUT2D eigenvalue weighted by Gasteiger charge is 2.01. The molecule has 0 saturated heterocycles. The second kappa shape index (κ2) is 5.35. The van der Waals surface area contributed by atoms with Crippen molar-refractivity contribution in [2.24, 2.45) is 5.10 Å². The molecule has 1 aromatic heterocycles. The largest absolute Gasteiger partial charge is 0.383 e. The molecule has 0 fully saturated rings. The number of rotatable bonds is 3. The third kappa shape index (κ3) is 3.09. The lowest BCUT2D eigenvalue weighted by atomic mass is 10.2. The van der Waals surface area contributed by atoms with Crippen molar-refractivity contribution < 1.29 is 0 Å². The summed E-state index contributed by atoms with van der Waals surface area (Å²) >= 11 is 13.2. The first kappa shape index (κ1) is 12.2. The topological polar surface area (TPSA) is 63.3 Å². The summed E-state index contributed by atoms with van der Waals surface area (Å²) in [6.45, 7) is 0. The number of nitrogens with one attached hydrogen (secondary N) is 1. The molecule has 2 aromatic rings. The zero-order chi connectivity index (χ0) is 12.3. The van der Waals surface area contributed by atoms with E-state index in [4.69, 9.17) is 28.9 Å². The number of hydrazone groups is 1. The number of nitrogens with two attached hydrogens (primary N) is 1. The van der Waals surface area contributed by atoms with Crippen LogP contribution in [0.2, 0.25) is 10.0 Å². The average molecular weight is 287 g/mol. The standard InChI is InChI=1S/C10H8Cl2N4S/c11-7-3-1-2-6(9(7)12)4-14-16-10-15-8(13)5-17-10/h1-5H,13H2,(H,15,16). The summed E-state index contributed by atoms with van der Waals surface area (Å²) in [4.78, 5) is 3.99. The number of hydrogen-bond acceptors (Lipinski definition) is 5. The van der Waals surface area contributed by atoms with Gasteiger partial charge in [0.05, 0.1) is 16.3 Å². The van der Waals surface area contributed by atoms with E-state index in [1.54, 1.807) is 23.7 Å². The van der Waals surface area contributed by atoms with Gasteiger partial charge >= 0.3 is 0 Å². The van der Waals surface area contributed by atoms with E-state index < -0.39 is 0 Å². The van der Waals surface area contributed by atoms with Crippen LogP contribution in [-0.4, -0.2) is 11.2 Å². The Balaban J connectivity index is 2.08. The molecule has 0 unspecified atom stereocenters. The minimum atomic E-state index is 0.466. The van der Waals surface area contributed by atoms with Crippen molar-refractivity contribution in [2.75, 3.05) is 11.2 Å². The predicted molar refractivity (Wildman–Crippen MR) is 74.2 cm³/mol. The van der Waals surface area contributed by atoms with Crippen molar-refractivity contribution in [1.82, 2.24) is 4.98 Å². The molecule has 0 aliphatic heterocycles. The van der Waals surface area contributed by atoms with E-state index in [1.807, 2.05) is 6.07 Å².